The summed E-state index contributed by atoms with van der Waals surface area (Å²) in [5.41, 5.74) is 13.0. The number of carbonyl (C=O) groups is 3. The third-order valence-corrected chi connectivity index (χ3v) is 2.75. The SMILES string of the molecule is NCC(=O)N[C@@H](Cc1ccccc1)C(=O)NC/C=N/NC(N)=O. The summed E-state index contributed by atoms with van der Waals surface area (Å²) in [6.07, 6.45) is 1.60. The van der Waals surface area contributed by atoms with Gasteiger partial charge in [0.25, 0.3) is 0 Å². The van der Waals surface area contributed by atoms with E-state index in [2.05, 4.69) is 15.7 Å². The van der Waals surface area contributed by atoms with Gasteiger partial charge in [-0.3, -0.25) is 9.59 Å². The van der Waals surface area contributed by atoms with Crippen LogP contribution in [0.1, 0.15) is 5.56 Å². The first-order valence-corrected chi connectivity index (χ1v) is 6.91. The quantitative estimate of drug-likeness (QED) is 0.290. The van der Waals surface area contributed by atoms with Crippen LogP contribution in [0.2, 0.25) is 0 Å². The van der Waals surface area contributed by atoms with Gasteiger partial charge < -0.3 is 22.1 Å². The fraction of sp³-hybridized carbons (Fsp3) is 0.286. The van der Waals surface area contributed by atoms with Gasteiger partial charge in [0.05, 0.1) is 13.1 Å². The zero-order valence-electron chi connectivity index (χ0n) is 12.5. The number of rotatable bonds is 8. The fourth-order valence-electron chi connectivity index (χ4n) is 1.74. The van der Waals surface area contributed by atoms with Crippen molar-refractivity contribution >= 4 is 24.1 Å². The molecule has 124 valence electrons. The van der Waals surface area contributed by atoms with E-state index in [0.29, 0.717) is 6.42 Å². The number of nitrogens with one attached hydrogen (secondary N) is 3. The van der Waals surface area contributed by atoms with Gasteiger partial charge in [0.2, 0.25) is 11.8 Å². The zero-order valence-corrected chi connectivity index (χ0v) is 12.5. The summed E-state index contributed by atoms with van der Waals surface area (Å²) in [6, 6.07) is 7.70. The Balaban J connectivity index is 2.59. The Morgan fingerprint density at radius 2 is 1.91 bits per heavy atom. The Labute approximate surface area is 133 Å². The van der Waals surface area contributed by atoms with Crippen LogP contribution in [-0.2, 0) is 16.0 Å². The highest BCUT2D eigenvalue weighted by Crippen LogP contribution is 2.03. The van der Waals surface area contributed by atoms with Crippen molar-refractivity contribution < 1.29 is 14.4 Å². The molecule has 0 aromatic heterocycles. The van der Waals surface area contributed by atoms with Gasteiger partial charge in [-0.25, -0.2) is 10.2 Å². The second-order valence-corrected chi connectivity index (χ2v) is 4.55. The number of nitrogens with zero attached hydrogens (tertiary/aromatic N) is 1. The van der Waals surface area contributed by atoms with Gasteiger partial charge in [-0.1, -0.05) is 30.3 Å². The van der Waals surface area contributed by atoms with Crippen LogP contribution in [0.3, 0.4) is 0 Å². The fourth-order valence-corrected chi connectivity index (χ4v) is 1.74. The van der Waals surface area contributed by atoms with Gasteiger partial charge in [-0.2, -0.15) is 5.10 Å². The summed E-state index contributed by atoms with van der Waals surface area (Å²) >= 11 is 0. The average molecular weight is 320 g/mol. The molecule has 23 heavy (non-hydrogen) atoms. The molecule has 0 aliphatic heterocycles. The smallest absolute Gasteiger partial charge is 0.332 e. The second kappa shape index (κ2) is 9.90. The van der Waals surface area contributed by atoms with E-state index in [1.165, 1.54) is 6.21 Å². The molecule has 1 aromatic carbocycles. The predicted octanol–water partition coefficient (Wildman–Crippen LogP) is -1.56. The summed E-state index contributed by atoms with van der Waals surface area (Å²) in [7, 11) is 0. The lowest BCUT2D eigenvalue weighted by atomic mass is 10.1. The largest absolute Gasteiger partial charge is 0.350 e. The maximum absolute atomic E-state index is 12.2. The molecular formula is C14H20N6O3. The molecule has 0 radical (unpaired) electrons. The van der Waals surface area contributed by atoms with E-state index in [1.807, 2.05) is 35.8 Å². The molecule has 4 amide bonds. The molecule has 9 heteroatoms. The predicted molar refractivity (Wildman–Crippen MR) is 85.4 cm³/mol. The highest BCUT2D eigenvalue weighted by atomic mass is 16.2. The minimum absolute atomic E-state index is 0.0723. The van der Waals surface area contributed by atoms with Crippen molar-refractivity contribution in [2.75, 3.05) is 13.1 Å². The molecule has 0 aliphatic rings. The van der Waals surface area contributed by atoms with Crippen LogP contribution in [0, 0.1) is 0 Å². The molecule has 0 saturated heterocycles. The number of primary amides is 1. The second-order valence-electron chi connectivity index (χ2n) is 4.55. The van der Waals surface area contributed by atoms with Gasteiger partial charge in [0.15, 0.2) is 0 Å². The number of hydrogen-bond donors (Lipinski definition) is 5. The van der Waals surface area contributed by atoms with Gasteiger partial charge in [-0.05, 0) is 5.56 Å². The number of urea groups is 1. The molecular weight excluding hydrogens is 300 g/mol. The molecule has 0 fully saturated rings. The molecule has 0 bridgehead atoms. The first kappa shape index (κ1) is 18.1. The molecule has 0 spiro atoms. The van der Waals surface area contributed by atoms with Crippen molar-refractivity contribution in [1.82, 2.24) is 16.1 Å². The van der Waals surface area contributed by atoms with Crippen molar-refractivity contribution in [2.45, 2.75) is 12.5 Å². The zero-order chi connectivity index (χ0) is 17.1. The Bertz CT molecular complexity index is 561. The van der Waals surface area contributed by atoms with Crippen LogP contribution in [0.5, 0.6) is 0 Å². The lowest BCUT2D eigenvalue weighted by Crippen LogP contribution is -2.50. The molecule has 1 aromatic rings. The van der Waals surface area contributed by atoms with Gasteiger partial charge in [0, 0.05) is 12.6 Å². The van der Waals surface area contributed by atoms with E-state index in [9.17, 15) is 14.4 Å². The minimum atomic E-state index is -0.801. The monoisotopic (exact) mass is 320 g/mol. The molecule has 1 rings (SSSR count). The third kappa shape index (κ3) is 7.58. The van der Waals surface area contributed by atoms with Crippen LogP contribution >= 0.6 is 0 Å². The highest BCUT2D eigenvalue weighted by molar-refractivity contribution is 5.89. The molecule has 0 saturated carbocycles. The Morgan fingerprint density at radius 1 is 1.22 bits per heavy atom. The van der Waals surface area contributed by atoms with E-state index in [4.69, 9.17) is 11.5 Å². The van der Waals surface area contributed by atoms with Crippen molar-refractivity contribution in [1.29, 1.82) is 0 Å². The summed E-state index contributed by atoms with van der Waals surface area (Å²) < 4.78 is 0. The van der Waals surface area contributed by atoms with Gasteiger partial charge >= 0.3 is 6.03 Å². The third-order valence-electron chi connectivity index (χ3n) is 2.75. The Morgan fingerprint density at radius 3 is 2.52 bits per heavy atom. The van der Waals surface area contributed by atoms with E-state index in [0.717, 1.165) is 5.56 Å². The lowest BCUT2D eigenvalue weighted by Gasteiger charge is -2.17. The number of hydrazone groups is 1. The van der Waals surface area contributed by atoms with E-state index < -0.39 is 18.0 Å². The number of hydrogen-bond acceptors (Lipinski definition) is 5. The summed E-state index contributed by atoms with van der Waals surface area (Å²) in [5, 5.41) is 8.63. The maximum Gasteiger partial charge on any atom is 0.332 e. The van der Waals surface area contributed by atoms with Crippen molar-refractivity contribution in [3.63, 3.8) is 0 Å². The number of benzene rings is 1. The van der Waals surface area contributed by atoms with Gasteiger partial charge in [0.1, 0.15) is 6.04 Å². The van der Waals surface area contributed by atoms with E-state index in [-0.39, 0.29) is 19.0 Å². The van der Waals surface area contributed by atoms with Crippen molar-refractivity contribution in [3.8, 4) is 0 Å². The van der Waals surface area contributed by atoms with Crippen LogP contribution in [0.4, 0.5) is 4.79 Å². The van der Waals surface area contributed by atoms with Crippen molar-refractivity contribution in [3.05, 3.63) is 35.9 Å². The summed E-state index contributed by atoms with van der Waals surface area (Å²) in [5.74, 6) is -0.814. The van der Waals surface area contributed by atoms with Crippen molar-refractivity contribution in [2.24, 2.45) is 16.6 Å². The van der Waals surface area contributed by atoms with Crippen LogP contribution in [0.25, 0.3) is 0 Å². The average Bonchev–Trinajstić information content (AvgIpc) is 2.54. The lowest BCUT2D eigenvalue weighted by molar-refractivity contribution is -0.128. The maximum atomic E-state index is 12.2. The Hall–Kier alpha value is -2.94. The summed E-state index contributed by atoms with van der Waals surface area (Å²) in [6.45, 7) is -0.133. The van der Waals surface area contributed by atoms with Crippen LogP contribution in [-0.4, -0.2) is 43.2 Å². The highest BCUT2D eigenvalue weighted by Gasteiger charge is 2.20. The molecule has 0 heterocycles. The number of amides is 4. The molecule has 0 aliphatic carbocycles. The van der Waals surface area contributed by atoms with E-state index in [1.54, 1.807) is 0 Å². The summed E-state index contributed by atoms with van der Waals surface area (Å²) in [4.78, 5) is 34.0. The molecule has 9 nitrogen and oxygen atoms in total. The topological polar surface area (TPSA) is 152 Å². The normalized spacial score (nSPS) is 11.7. The van der Waals surface area contributed by atoms with E-state index >= 15 is 0 Å². The molecule has 0 unspecified atom stereocenters. The first-order chi connectivity index (χ1) is 11.0. The first-order valence-electron chi connectivity index (χ1n) is 6.91. The Kier molecular flexibility index (Phi) is 7.79. The van der Waals surface area contributed by atoms with Gasteiger partial charge in [-0.15, -0.1) is 0 Å². The number of nitrogens with two attached hydrogens (primary N) is 2. The molecule has 7 N–H and O–H groups in total. The van der Waals surface area contributed by atoms with Crippen LogP contribution in [0.15, 0.2) is 35.4 Å². The minimum Gasteiger partial charge on any atom is -0.350 e. The van der Waals surface area contributed by atoms with Crippen LogP contribution < -0.4 is 27.5 Å². The number of carbonyl (C=O) groups excluding carboxylic acids is 3. The standard InChI is InChI=1S/C14H20N6O3/c15-9-12(21)19-11(8-10-4-2-1-3-5-10)13(22)17-6-7-18-20-14(16)23/h1-5,7,11H,6,8-9,15H2,(H,17,22)(H,19,21)(H3,16,20,23)/b18-7+/t11-/m0/s1. The molecule has 1 atom stereocenters.